The van der Waals surface area contributed by atoms with E-state index in [1.165, 1.54) is 0 Å². The maximum atomic E-state index is 8.40. The zero-order chi connectivity index (χ0) is 9.94. The Bertz CT molecular complexity index is 177. The summed E-state index contributed by atoms with van der Waals surface area (Å²) in [5, 5.41) is 16.8. The largest absolute Gasteiger partial charge is 0.359 e. The lowest BCUT2D eigenvalue weighted by Gasteiger charge is -2.13. The summed E-state index contributed by atoms with van der Waals surface area (Å²) in [6.45, 7) is 2.06. The normalized spacial score (nSPS) is 10.5. The van der Waals surface area contributed by atoms with E-state index in [0.29, 0.717) is 21.6 Å². The van der Waals surface area contributed by atoms with Crippen LogP contribution in [0.15, 0.2) is 0 Å². The number of nitriles is 2. The fraction of sp³-hybridized carbons (Fsp3) is 0.778. The molecule has 0 N–H and O–H groups in total. The van der Waals surface area contributed by atoms with Crippen LogP contribution in [0, 0.1) is 22.7 Å². The van der Waals surface area contributed by atoms with E-state index in [4.69, 9.17) is 15.0 Å². The molecule has 0 heterocycles. The third kappa shape index (κ3) is 7.72. The van der Waals surface area contributed by atoms with Crippen molar-refractivity contribution in [1.82, 2.24) is 0 Å². The van der Waals surface area contributed by atoms with Crippen molar-refractivity contribution in [3.8, 4) is 12.1 Å². The summed E-state index contributed by atoms with van der Waals surface area (Å²) in [5.74, 6) is 0. The molecule has 0 aliphatic rings. The van der Waals surface area contributed by atoms with Crippen LogP contribution in [-0.4, -0.2) is 12.3 Å². The second-order valence-corrected chi connectivity index (χ2v) is 3.86. The number of hydrogen-bond acceptors (Lipinski definition) is 3. The summed E-state index contributed by atoms with van der Waals surface area (Å²) in [4.78, 5) is 0. The van der Waals surface area contributed by atoms with Crippen molar-refractivity contribution >= 4 is 8.81 Å². The van der Waals surface area contributed by atoms with Crippen LogP contribution in [0.1, 0.15) is 32.6 Å². The Balaban J connectivity index is 3.62. The highest BCUT2D eigenvalue weighted by Crippen LogP contribution is 2.20. The van der Waals surface area contributed by atoms with E-state index < -0.39 is 0 Å². The highest BCUT2D eigenvalue weighted by Gasteiger charge is 2.07. The standard InChI is InChI=1S/C9H15N2OP/c1-2-13-12-9(5-3-7-10)6-4-8-11/h9,13H,2-6H2,1H3. The molecule has 0 rings (SSSR count). The van der Waals surface area contributed by atoms with Crippen molar-refractivity contribution < 1.29 is 4.52 Å². The molecule has 0 aromatic heterocycles. The minimum Gasteiger partial charge on any atom is -0.359 e. The van der Waals surface area contributed by atoms with E-state index in [2.05, 4.69) is 19.1 Å². The third-order valence-electron chi connectivity index (χ3n) is 1.55. The Kier molecular flexibility index (Phi) is 9.00. The predicted octanol–water partition coefficient (Wildman–Crippen LogP) is 2.59. The van der Waals surface area contributed by atoms with Gasteiger partial charge < -0.3 is 4.52 Å². The molecule has 13 heavy (non-hydrogen) atoms. The molecule has 0 saturated carbocycles. The Morgan fingerprint density at radius 3 is 2.15 bits per heavy atom. The lowest BCUT2D eigenvalue weighted by molar-refractivity contribution is 0.213. The van der Waals surface area contributed by atoms with Gasteiger partial charge in [0, 0.05) is 21.6 Å². The number of rotatable bonds is 7. The molecule has 0 amide bonds. The summed E-state index contributed by atoms with van der Waals surface area (Å²) in [6.07, 6.45) is 3.66. The van der Waals surface area contributed by atoms with Crippen LogP contribution in [0.25, 0.3) is 0 Å². The summed E-state index contributed by atoms with van der Waals surface area (Å²) in [5.41, 5.74) is 0. The van der Waals surface area contributed by atoms with Gasteiger partial charge in [0.15, 0.2) is 0 Å². The van der Waals surface area contributed by atoms with E-state index in [9.17, 15) is 0 Å². The van der Waals surface area contributed by atoms with Crippen LogP contribution in [0.4, 0.5) is 0 Å². The molecule has 0 saturated heterocycles. The SMILES string of the molecule is CCPOC(CCC#N)CCC#N. The molecule has 0 aromatic rings. The predicted molar refractivity (Wildman–Crippen MR) is 53.4 cm³/mol. The fourth-order valence-electron chi connectivity index (χ4n) is 0.914. The second kappa shape index (κ2) is 9.46. The Morgan fingerprint density at radius 2 is 1.77 bits per heavy atom. The van der Waals surface area contributed by atoms with Crippen molar-refractivity contribution in [1.29, 1.82) is 10.5 Å². The summed E-state index contributed by atoms with van der Waals surface area (Å²) in [7, 11) is 0.499. The zero-order valence-corrected chi connectivity index (χ0v) is 8.92. The molecule has 0 spiro atoms. The summed E-state index contributed by atoms with van der Waals surface area (Å²) in [6, 6.07) is 4.18. The first-order valence-corrected chi connectivity index (χ1v) is 5.59. The minimum absolute atomic E-state index is 0.109. The molecule has 0 fully saturated rings. The second-order valence-electron chi connectivity index (χ2n) is 2.63. The third-order valence-corrected chi connectivity index (χ3v) is 2.34. The van der Waals surface area contributed by atoms with Crippen molar-refractivity contribution in [2.45, 2.75) is 38.7 Å². The highest BCUT2D eigenvalue weighted by molar-refractivity contribution is 7.32. The molecule has 0 aromatic carbocycles. The van der Waals surface area contributed by atoms with E-state index in [1.54, 1.807) is 0 Å². The number of hydrogen-bond donors (Lipinski definition) is 0. The van der Waals surface area contributed by atoms with Gasteiger partial charge in [-0.3, -0.25) is 0 Å². The molecule has 72 valence electrons. The molecule has 0 aliphatic carbocycles. The van der Waals surface area contributed by atoms with Gasteiger partial charge in [-0.15, -0.1) is 0 Å². The van der Waals surface area contributed by atoms with Gasteiger partial charge in [0.2, 0.25) is 0 Å². The van der Waals surface area contributed by atoms with Gasteiger partial charge in [-0.2, -0.15) is 10.5 Å². The molecule has 0 radical (unpaired) electrons. The van der Waals surface area contributed by atoms with E-state index >= 15 is 0 Å². The maximum Gasteiger partial charge on any atom is 0.0634 e. The van der Waals surface area contributed by atoms with Gasteiger partial charge in [0.25, 0.3) is 0 Å². The molecule has 0 aliphatic heterocycles. The monoisotopic (exact) mass is 198 g/mol. The van der Waals surface area contributed by atoms with E-state index in [-0.39, 0.29) is 6.10 Å². The molecule has 1 atom stereocenters. The molecule has 0 bridgehead atoms. The molecular formula is C9H15N2OP. The topological polar surface area (TPSA) is 56.8 Å². The van der Waals surface area contributed by atoms with E-state index in [0.717, 1.165) is 19.0 Å². The zero-order valence-electron chi connectivity index (χ0n) is 7.92. The van der Waals surface area contributed by atoms with Crippen molar-refractivity contribution in [3.05, 3.63) is 0 Å². The molecule has 1 unspecified atom stereocenters. The Morgan fingerprint density at radius 1 is 1.23 bits per heavy atom. The number of nitrogens with zero attached hydrogens (tertiary/aromatic N) is 2. The first-order valence-electron chi connectivity index (χ1n) is 4.47. The van der Waals surface area contributed by atoms with Crippen LogP contribution in [0.5, 0.6) is 0 Å². The van der Waals surface area contributed by atoms with Crippen molar-refractivity contribution in [3.63, 3.8) is 0 Å². The van der Waals surface area contributed by atoms with Crippen molar-refractivity contribution in [2.75, 3.05) is 6.16 Å². The first-order chi connectivity index (χ1) is 6.35. The minimum atomic E-state index is 0.109. The van der Waals surface area contributed by atoms with Crippen LogP contribution >= 0.6 is 8.81 Å². The van der Waals surface area contributed by atoms with Gasteiger partial charge in [-0.1, -0.05) is 6.92 Å². The molecule has 3 nitrogen and oxygen atoms in total. The van der Waals surface area contributed by atoms with Crippen molar-refractivity contribution in [2.24, 2.45) is 0 Å². The van der Waals surface area contributed by atoms with Crippen LogP contribution in [0.2, 0.25) is 0 Å². The Labute approximate surface area is 81.6 Å². The lowest BCUT2D eigenvalue weighted by atomic mass is 10.1. The van der Waals surface area contributed by atoms with Gasteiger partial charge >= 0.3 is 0 Å². The maximum absolute atomic E-state index is 8.40. The van der Waals surface area contributed by atoms with Gasteiger partial charge in [-0.25, -0.2) is 0 Å². The van der Waals surface area contributed by atoms with Crippen LogP contribution in [-0.2, 0) is 4.52 Å². The first kappa shape index (κ1) is 12.4. The van der Waals surface area contributed by atoms with Crippen LogP contribution < -0.4 is 0 Å². The Hall–Kier alpha value is -0.630. The summed E-state index contributed by atoms with van der Waals surface area (Å²) < 4.78 is 5.52. The highest BCUT2D eigenvalue weighted by atomic mass is 31.1. The van der Waals surface area contributed by atoms with Gasteiger partial charge in [0.1, 0.15) is 0 Å². The van der Waals surface area contributed by atoms with Crippen LogP contribution in [0.3, 0.4) is 0 Å². The molecule has 4 heteroatoms. The average Bonchev–Trinajstić information content (AvgIpc) is 2.17. The fourth-order valence-corrected chi connectivity index (χ4v) is 1.55. The van der Waals surface area contributed by atoms with E-state index in [1.807, 2.05) is 0 Å². The molecular weight excluding hydrogens is 183 g/mol. The average molecular weight is 198 g/mol. The summed E-state index contributed by atoms with van der Waals surface area (Å²) >= 11 is 0. The quantitative estimate of drug-likeness (QED) is 0.591. The smallest absolute Gasteiger partial charge is 0.0634 e. The van der Waals surface area contributed by atoms with Gasteiger partial charge in [-0.05, 0) is 19.0 Å². The van der Waals surface area contributed by atoms with Gasteiger partial charge in [0.05, 0.1) is 18.2 Å². The lowest BCUT2D eigenvalue weighted by Crippen LogP contribution is -2.07.